The van der Waals surface area contributed by atoms with Crippen LogP contribution in [0.5, 0.6) is 0 Å². The van der Waals surface area contributed by atoms with Gasteiger partial charge < -0.3 is 14.4 Å². The molecule has 1 aliphatic heterocycles. The molecule has 0 aromatic carbocycles. The molecule has 0 N–H and O–H groups in total. The van der Waals surface area contributed by atoms with Crippen LogP contribution in [0.4, 0.5) is 0 Å². The van der Waals surface area contributed by atoms with Gasteiger partial charge in [0.15, 0.2) is 0 Å². The number of esters is 1. The number of likely N-dealkylation sites (tertiary alicyclic amines) is 1. The molecular weight excluding hydrogens is 146 g/mol. The third-order valence-corrected chi connectivity index (χ3v) is 1.70. The number of nitrogens with zero attached hydrogens (tertiary/aromatic N) is 1. The Morgan fingerprint density at radius 3 is 2.73 bits per heavy atom. The average Bonchev–Trinajstić information content (AvgIpc) is 1.95. The van der Waals surface area contributed by atoms with Crippen molar-refractivity contribution in [1.29, 1.82) is 0 Å². The maximum atomic E-state index is 10.6. The molecule has 0 amide bonds. The Kier molecular flexibility index (Phi) is 2.84. The first-order valence-electron chi connectivity index (χ1n) is 3.59. The van der Waals surface area contributed by atoms with Gasteiger partial charge in [-0.3, -0.25) is 0 Å². The average molecular weight is 159 g/mol. The first kappa shape index (κ1) is 8.49. The molecule has 1 rings (SSSR count). The monoisotopic (exact) mass is 159 g/mol. The van der Waals surface area contributed by atoms with Gasteiger partial charge in [0.2, 0.25) is 0 Å². The fraction of sp³-hybridized carbons (Fsp3) is 0.857. The molecule has 1 fully saturated rings. The maximum Gasteiger partial charge on any atom is 0.331 e. The summed E-state index contributed by atoms with van der Waals surface area (Å²) in [5, 5.41) is 0. The normalized spacial score (nSPS) is 19.5. The molecule has 0 unspecified atom stereocenters. The molecule has 0 aromatic rings. The molecule has 4 nitrogen and oxygen atoms in total. The van der Waals surface area contributed by atoms with Gasteiger partial charge in [-0.15, -0.1) is 0 Å². The van der Waals surface area contributed by atoms with Crippen molar-refractivity contribution in [2.75, 3.05) is 33.9 Å². The lowest BCUT2D eigenvalue weighted by Gasteiger charge is -2.35. The third kappa shape index (κ3) is 2.48. The zero-order valence-corrected chi connectivity index (χ0v) is 6.87. The van der Waals surface area contributed by atoms with Crippen molar-refractivity contribution in [1.82, 2.24) is 4.90 Å². The number of ether oxygens (including phenoxy) is 2. The van der Waals surface area contributed by atoms with Crippen LogP contribution in [0.1, 0.15) is 0 Å². The van der Waals surface area contributed by atoms with Crippen molar-refractivity contribution >= 4 is 5.97 Å². The molecule has 0 aliphatic carbocycles. The molecule has 4 heteroatoms. The van der Waals surface area contributed by atoms with Crippen molar-refractivity contribution in [2.24, 2.45) is 0 Å². The van der Waals surface area contributed by atoms with Gasteiger partial charge >= 0.3 is 5.97 Å². The van der Waals surface area contributed by atoms with Crippen molar-refractivity contribution in [2.45, 2.75) is 6.10 Å². The van der Waals surface area contributed by atoms with E-state index in [1.807, 2.05) is 7.05 Å². The molecule has 1 saturated heterocycles. The number of carbonyl (C=O) groups is 1. The van der Waals surface area contributed by atoms with E-state index in [0.717, 1.165) is 13.1 Å². The van der Waals surface area contributed by atoms with Crippen LogP contribution in [0.3, 0.4) is 0 Å². The lowest BCUT2D eigenvalue weighted by atomic mass is 10.2. The van der Waals surface area contributed by atoms with Gasteiger partial charge in [0.1, 0.15) is 6.61 Å². The van der Waals surface area contributed by atoms with E-state index in [0.29, 0.717) is 0 Å². The minimum absolute atomic E-state index is 0.0784. The fourth-order valence-electron chi connectivity index (χ4n) is 0.992. The van der Waals surface area contributed by atoms with E-state index >= 15 is 0 Å². The standard InChI is InChI=1S/C7H13NO3/c1-8-3-6(4-8)11-5-7(9)10-2/h6H,3-5H2,1-2H3. The van der Waals surface area contributed by atoms with E-state index in [4.69, 9.17) is 4.74 Å². The number of hydrogen-bond acceptors (Lipinski definition) is 4. The van der Waals surface area contributed by atoms with E-state index in [1.54, 1.807) is 0 Å². The highest BCUT2D eigenvalue weighted by molar-refractivity contribution is 5.70. The van der Waals surface area contributed by atoms with Gasteiger partial charge in [0, 0.05) is 13.1 Å². The summed E-state index contributed by atoms with van der Waals surface area (Å²) in [5.41, 5.74) is 0. The summed E-state index contributed by atoms with van der Waals surface area (Å²) in [6.45, 7) is 1.91. The predicted octanol–water partition coefficient (Wildman–Crippen LogP) is -0.510. The summed E-state index contributed by atoms with van der Waals surface area (Å²) in [5.74, 6) is -0.306. The first-order valence-corrected chi connectivity index (χ1v) is 3.59. The Morgan fingerprint density at radius 2 is 2.27 bits per heavy atom. The highest BCUT2D eigenvalue weighted by Crippen LogP contribution is 2.07. The second kappa shape index (κ2) is 3.69. The van der Waals surface area contributed by atoms with Crippen LogP contribution in [0.15, 0.2) is 0 Å². The molecule has 64 valence electrons. The molecule has 1 aliphatic rings. The highest BCUT2D eigenvalue weighted by atomic mass is 16.6. The molecule has 11 heavy (non-hydrogen) atoms. The molecule has 0 radical (unpaired) electrons. The molecule has 0 spiro atoms. The second-order valence-electron chi connectivity index (χ2n) is 2.73. The molecule has 0 saturated carbocycles. The van der Waals surface area contributed by atoms with E-state index in [9.17, 15) is 4.79 Å². The fourth-order valence-corrected chi connectivity index (χ4v) is 0.992. The number of hydrogen-bond donors (Lipinski definition) is 0. The third-order valence-electron chi connectivity index (χ3n) is 1.70. The van der Waals surface area contributed by atoms with Crippen molar-refractivity contribution in [3.05, 3.63) is 0 Å². The largest absolute Gasteiger partial charge is 0.467 e. The van der Waals surface area contributed by atoms with Crippen LogP contribution in [0, 0.1) is 0 Å². The minimum atomic E-state index is -0.306. The van der Waals surface area contributed by atoms with Crippen LogP contribution >= 0.6 is 0 Å². The number of carbonyl (C=O) groups excluding carboxylic acids is 1. The first-order chi connectivity index (χ1) is 5.22. The zero-order valence-electron chi connectivity index (χ0n) is 6.87. The SMILES string of the molecule is COC(=O)COC1CN(C)C1. The highest BCUT2D eigenvalue weighted by Gasteiger charge is 2.24. The number of methoxy groups -OCH3 is 1. The Balaban J connectivity index is 2.00. The zero-order chi connectivity index (χ0) is 8.27. The smallest absolute Gasteiger partial charge is 0.331 e. The number of likely N-dealkylation sites (N-methyl/N-ethyl adjacent to an activating group) is 1. The lowest BCUT2D eigenvalue weighted by molar-refractivity contribution is -0.151. The van der Waals surface area contributed by atoms with Gasteiger partial charge in [-0.05, 0) is 7.05 Å². The van der Waals surface area contributed by atoms with Gasteiger partial charge in [-0.25, -0.2) is 4.79 Å². The topological polar surface area (TPSA) is 38.8 Å². The quantitative estimate of drug-likeness (QED) is 0.520. The van der Waals surface area contributed by atoms with Gasteiger partial charge in [0.25, 0.3) is 0 Å². The van der Waals surface area contributed by atoms with Gasteiger partial charge in [0.05, 0.1) is 13.2 Å². The Bertz CT molecular complexity index is 143. The van der Waals surface area contributed by atoms with Crippen molar-refractivity contribution in [3.63, 3.8) is 0 Å². The van der Waals surface area contributed by atoms with E-state index in [1.165, 1.54) is 7.11 Å². The maximum absolute atomic E-state index is 10.6. The van der Waals surface area contributed by atoms with E-state index in [-0.39, 0.29) is 18.7 Å². The van der Waals surface area contributed by atoms with Crippen LogP contribution in [0.25, 0.3) is 0 Å². The summed E-state index contributed by atoms with van der Waals surface area (Å²) in [7, 11) is 3.37. The number of rotatable bonds is 3. The van der Waals surface area contributed by atoms with Gasteiger partial charge in [-0.2, -0.15) is 0 Å². The molecule has 0 aromatic heterocycles. The van der Waals surface area contributed by atoms with E-state index < -0.39 is 0 Å². The lowest BCUT2D eigenvalue weighted by Crippen LogP contribution is -2.50. The summed E-state index contributed by atoms with van der Waals surface area (Å²) < 4.78 is 9.60. The van der Waals surface area contributed by atoms with Crippen molar-refractivity contribution in [3.8, 4) is 0 Å². The second-order valence-corrected chi connectivity index (χ2v) is 2.73. The minimum Gasteiger partial charge on any atom is -0.467 e. The molecule has 1 heterocycles. The Morgan fingerprint density at radius 1 is 1.64 bits per heavy atom. The summed E-state index contributed by atoms with van der Waals surface area (Å²) in [6, 6.07) is 0. The van der Waals surface area contributed by atoms with Crippen LogP contribution in [-0.4, -0.2) is 50.8 Å². The summed E-state index contributed by atoms with van der Waals surface area (Å²) in [6.07, 6.45) is 0.221. The molecule has 0 bridgehead atoms. The Hall–Kier alpha value is -0.610. The molecular formula is C7H13NO3. The van der Waals surface area contributed by atoms with Crippen LogP contribution in [-0.2, 0) is 14.3 Å². The Labute approximate surface area is 66.1 Å². The predicted molar refractivity (Wildman–Crippen MR) is 39.3 cm³/mol. The van der Waals surface area contributed by atoms with E-state index in [2.05, 4.69) is 9.64 Å². The van der Waals surface area contributed by atoms with Crippen LogP contribution < -0.4 is 0 Å². The van der Waals surface area contributed by atoms with Gasteiger partial charge in [-0.1, -0.05) is 0 Å². The summed E-state index contributed by atoms with van der Waals surface area (Å²) >= 11 is 0. The summed E-state index contributed by atoms with van der Waals surface area (Å²) in [4.78, 5) is 12.7. The molecule has 0 atom stereocenters. The van der Waals surface area contributed by atoms with Crippen LogP contribution in [0.2, 0.25) is 0 Å². The van der Waals surface area contributed by atoms with Crippen molar-refractivity contribution < 1.29 is 14.3 Å².